The van der Waals surface area contributed by atoms with Crippen LogP contribution in [0.15, 0.2) is 18.2 Å². The van der Waals surface area contributed by atoms with E-state index in [0.29, 0.717) is 6.42 Å². The number of rotatable bonds is 5. The van der Waals surface area contributed by atoms with Crippen molar-refractivity contribution in [3.8, 4) is 0 Å². The van der Waals surface area contributed by atoms with E-state index in [1.54, 1.807) is 13.8 Å². The summed E-state index contributed by atoms with van der Waals surface area (Å²) in [6.07, 6.45) is 0.531. The lowest BCUT2D eigenvalue weighted by Gasteiger charge is -2.20. The van der Waals surface area contributed by atoms with E-state index in [1.807, 2.05) is 0 Å². The minimum absolute atomic E-state index is 0.321. The number of carbonyl (C=O) groups excluding carboxylic acids is 1. The second-order valence-electron chi connectivity index (χ2n) is 4.28. The summed E-state index contributed by atoms with van der Waals surface area (Å²) < 4.78 is 26.4. The second-order valence-corrected chi connectivity index (χ2v) is 4.28. The predicted molar refractivity (Wildman–Crippen MR) is 64.7 cm³/mol. The summed E-state index contributed by atoms with van der Waals surface area (Å²) in [6.45, 7) is 3.43. The van der Waals surface area contributed by atoms with Crippen LogP contribution in [-0.2, 0) is 4.79 Å². The third-order valence-corrected chi connectivity index (χ3v) is 2.96. The van der Waals surface area contributed by atoms with Gasteiger partial charge in [-0.1, -0.05) is 26.3 Å². The zero-order valence-electron chi connectivity index (χ0n) is 10.6. The van der Waals surface area contributed by atoms with Gasteiger partial charge < -0.3 is 10.4 Å². The number of carboxylic acids is 1. The van der Waals surface area contributed by atoms with Gasteiger partial charge in [-0.2, -0.15) is 0 Å². The molecule has 1 amide bonds. The molecule has 6 heteroatoms. The number of carbonyl (C=O) groups is 2. The van der Waals surface area contributed by atoms with Crippen LogP contribution in [-0.4, -0.2) is 23.0 Å². The summed E-state index contributed by atoms with van der Waals surface area (Å²) in [5.41, 5.74) is -0.505. The van der Waals surface area contributed by atoms with Crippen molar-refractivity contribution in [2.24, 2.45) is 5.92 Å². The Morgan fingerprint density at radius 1 is 1.37 bits per heavy atom. The molecular formula is C13H15F2NO3. The first-order chi connectivity index (χ1) is 8.88. The Bertz CT molecular complexity index is 491. The molecule has 1 aromatic rings. The highest BCUT2D eigenvalue weighted by Gasteiger charge is 2.27. The molecule has 104 valence electrons. The molecule has 0 heterocycles. The average molecular weight is 271 g/mol. The largest absolute Gasteiger partial charge is 0.480 e. The van der Waals surface area contributed by atoms with Crippen LogP contribution in [0.3, 0.4) is 0 Å². The average Bonchev–Trinajstić information content (AvgIpc) is 2.37. The summed E-state index contributed by atoms with van der Waals surface area (Å²) >= 11 is 0. The SMILES string of the molecule is CC[C@@H](C)[C@@H](NC(=O)c1cccc(F)c1F)C(=O)O. The monoisotopic (exact) mass is 271 g/mol. The van der Waals surface area contributed by atoms with Gasteiger partial charge in [-0.05, 0) is 18.1 Å². The smallest absolute Gasteiger partial charge is 0.326 e. The van der Waals surface area contributed by atoms with Gasteiger partial charge in [0, 0.05) is 0 Å². The molecule has 0 radical (unpaired) electrons. The first kappa shape index (κ1) is 15.1. The van der Waals surface area contributed by atoms with Gasteiger partial charge in [-0.15, -0.1) is 0 Å². The van der Waals surface area contributed by atoms with Crippen molar-refractivity contribution in [3.05, 3.63) is 35.4 Å². The standard InChI is InChI=1S/C13H15F2NO3/c1-3-7(2)11(13(18)19)16-12(17)8-5-4-6-9(14)10(8)15/h4-7,11H,3H2,1-2H3,(H,16,17)(H,18,19)/t7-,11-/m1/s1. The Labute approximate surface area is 109 Å². The van der Waals surface area contributed by atoms with Crippen molar-refractivity contribution in [3.63, 3.8) is 0 Å². The van der Waals surface area contributed by atoms with Crippen molar-refractivity contribution in [1.82, 2.24) is 5.32 Å². The summed E-state index contributed by atoms with van der Waals surface area (Å²) in [4.78, 5) is 22.8. The van der Waals surface area contributed by atoms with E-state index in [2.05, 4.69) is 5.32 Å². The Balaban J connectivity index is 2.94. The van der Waals surface area contributed by atoms with E-state index >= 15 is 0 Å². The van der Waals surface area contributed by atoms with Crippen LogP contribution in [0.5, 0.6) is 0 Å². The molecule has 0 aromatic heterocycles. The molecule has 0 aliphatic heterocycles. The van der Waals surface area contributed by atoms with Gasteiger partial charge in [0.25, 0.3) is 5.91 Å². The van der Waals surface area contributed by atoms with Crippen LogP contribution in [0.25, 0.3) is 0 Å². The van der Waals surface area contributed by atoms with Gasteiger partial charge in [-0.3, -0.25) is 4.79 Å². The van der Waals surface area contributed by atoms with Crippen molar-refractivity contribution in [1.29, 1.82) is 0 Å². The molecule has 4 nitrogen and oxygen atoms in total. The highest BCUT2D eigenvalue weighted by atomic mass is 19.2. The molecule has 0 aliphatic rings. The van der Waals surface area contributed by atoms with Gasteiger partial charge in [-0.25, -0.2) is 13.6 Å². The lowest BCUT2D eigenvalue weighted by atomic mass is 9.99. The van der Waals surface area contributed by atoms with E-state index in [9.17, 15) is 18.4 Å². The first-order valence-electron chi connectivity index (χ1n) is 5.86. The number of halogens is 2. The fourth-order valence-electron chi connectivity index (χ4n) is 1.58. The van der Waals surface area contributed by atoms with Gasteiger partial charge in [0.2, 0.25) is 0 Å². The van der Waals surface area contributed by atoms with E-state index in [4.69, 9.17) is 5.11 Å². The van der Waals surface area contributed by atoms with Gasteiger partial charge >= 0.3 is 5.97 Å². The summed E-state index contributed by atoms with van der Waals surface area (Å²) in [6, 6.07) is 2.03. The molecule has 0 saturated heterocycles. The fraction of sp³-hybridized carbons (Fsp3) is 0.385. The minimum atomic E-state index is -1.28. The fourth-order valence-corrected chi connectivity index (χ4v) is 1.58. The van der Waals surface area contributed by atoms with Gasteiger partial charge in [0.1, 0.15) is 6.04 Å². The zero-order valence-corrected chi connectivity index (χ0v) is 10.6. The number of nitrogens with one attached hydrogen (secondary N) is 1. The molecule has 1 aromatic carbocycles. The van der Waals surface area contributed by atoms with Crippen LogP contribution in [0, 0.1) is 17.6 Å². The van der Waals surface area contributed by atoms with Gasteiger partial charge in [0.05, 0.1) is 5.56 Å². The topological polar surface area (TPSA) is 66.4 Å². The van der Waals surface area contributed by atoms with Crippen LogP contribution < -0.4 is 5.32 Å². The third-order valence-electron chi connectivity index (χ3n) is 2.96. The highest BCUT2D eigenvalue weighted by molar-refractivity contribution is 5.96. The second kappa shape index (κ2) is 6.26. The third kappa shape index (κ3) is 3.49. The van der Waals surface area contributed by atoms with Crippen molar-refractivity contribution in [2.45, 2.75) is 26.3 Å². The maximum absolute atomic E-state index is 13.4. The van der Waals surface area contributed by atoms with E-state index in [0.717, 1.165) is 12.1 Å². The van der Waals surface area contributed by atoms with Crippen LogP contribution in [0.4, 0.5) is 8.78 Å². The quantitative estimate of drug-likeness (QED) is 0.862. The number of benzene rings is 1. The Morgan fingerprint density at radius 2 is 2.00 bits per heavy atom. The highest BCUT2D eigenvalue weighted by Crippen LogP contribution is 2.13. The van der Waals surface area contributed by atoms with E-state index in [-0.39, 0.29) is 5.92 Å². The molecule has 0 saturated carbocycles. The predicted octanol–water partition coefficient (Wildman–Crippen LogP) is 2.19. The van der Waals surface area contributed by atoms with E-state index < -0.39 is 35.1 Å². The first-order valence-corrected chi connectivity index (χ1v) is 5.86. The molecule has 1 rings (SSSR count). The molecule has 0 aliphatic carbocycles. The summed E-state index contributed by atoms with van der Waals surface area (Å²) in [5, 5.41) is 11.2. The lowest BCUT2D eigenvalue weighted by molar-refractivity contribution is -0.140. The Kier molecular flexibility index (Phi) is 4.97. The Morgan fingerprint density at radius 3 is 2.53 bits per heavy atom. The summed E-state index contributed by atoms with van der Waals surface area (Å²) in [7, 11) is 0. The minimum Gasteiger partial charge on any atom is -0.480 e. The molecular weight excluding hydrogens is 256 g/mol. The normalized spacial score (nSPS) is 13.7. The number of amides is 1. The number of hydrogen-bond donors (Lipinski definition) is 2. The number of carboxylic acid groups (broad SMARTS) is 1. The molecule has 0 unspecified atom stereocenters. The van der Waals surface area contributed by atoms with E-state index in [1.165, 1.54) is 6.07 Å². The molecule has 0 bridgehead atoms. The maximum Gasteiger partial charge on any atom is 0.326 e. The van der Waals surface area contributed by atoms with Crippen LogP contribution in [0.2, 0.25) is 0 Å². The summed E-state index contributed by atoms with van der Waals surface area (Å²) in [5.74, 6) is -4.90. The van der Waals surface area contributed by atoms with Gasteiger partial charge in [0.15, 0.2) is 11.6 Å². The van der Waals surface area contributed by atoms with Crippen molar-refractivity contribution >= 4 is 11.9 Å². The number of hydrogen-bond acceptors (Lipinski definition) is 2. The van der Waals surface area contributed by atoms with Crippen LogP contribution >= 0.6 is 0 Å². The molecule has 2 N–H and O–H groups in total. The molecule has 0 spiro atoms. The molecule has 2 atom stereocenters. The lowest BCUT2D eigenvalue weighted by Crippen LogP contribution is -2.45. The van der Waals surface area contributed by atoms with Crippen LogP contribution in [0.1, 0.15) is 30.6 Å². The molecule has 19 heavy (non-hydrogen) atoms. The molecule has 0 fully saturated rings. The van der Waals surface area contributed by atoms with Crippen molar-refractivity contribution < 1.29 is 23.5 Å². The maximum atomic E-state index is 13.4. The van der Waals surface area contributed by atoms with Crippen molar-refractivity contribution in [2.75, 3.05) is 0 Å². The number of aliphatic carboxylic acids is 1. The Hall–Kier alpha value is -1.98. The zero-order chi connectivity index (χ0) is 14.6.